The Morgan fingerprint density at radius 1 is 1.24 bits per heavy atom. The number of nitrogens with zero attached hydrogens (tertiary/aromatic N) is 3. The summed E-state index contributed by atoms with van der Waals surface area (Å²) in [6.45, 7) is 14.3. The fourth-order valence-electron chi connectivity index (χ4n) is 2.63. The van der Waals surface area contributed by atoms with E-state index in [0.29, 0.717) is 12.0 Å². The van der Waals surface area contributed by atoms with Crippen molar-refractivity contribution < 1.29 is 0 Å². The summed E-state index contributed by atoms with van der Waals surface area (Å²) < 4.78 is 1.87. The SMILES string of the molecule is CCN(CC)CCCC(C)Nc1c(N)c(C(C)C)nn1C. The predicted octanol–water partition coefficient (Wildman–Crippen LogP) is 3.05. The first-order chi connectivity index (χ1) is 9.90. The van der Waals surface area contributed by atoms with E-state index in [9.17, 15) is 0 Å². The van der Waals surface area contributed by atoms with Crippen molar-refractivity contribution >= 4 is 11.5 Å². The number of anilines is 2. The summed E-state index contributed by atoms with van der Waals surface area (Å²) in [4.78, 5) is 2.46. The van der Waals surface area contributed by atoms with Gasteiger partial charge in [-0.2, -0.15) is 5.10 Å². The van der Waals surface area contributed by atoms with E-state index in [1.165, 1.54) is 6.42 Å². The van der Waals surface area contributed by atoms with E-state index in [-0.39, 0.29) is 0 Å². The van der Waals surface area contributed by atoms with Gasteiger partial charge in [0.1, 0.15) is 5.82 Å². The van der Waals surface area contributed by atoms with Gasteiger partial charge in [0.25, 0.3) is 0 Å². The van der Waals surface area contributed by atoms with E-state index in [2.05, 4.69) is 49.9 Å². The Labute approximate surface area is 129 Å². The van der Waals surface area contributed by atoms with Gasteiger partial charge in [0.05, 0.1) is 11.4 Å². The summed E-state index contributed by atoms with van der Waals surface area (Å²) in [6.07, 6.45) is 2.34. The maximum atomic E-state index is 6.22. The molecule has 1 heterocycles. The van der Waals surface area contributed by atoms with Crippen LogP contribution in [0.5, 0.6) is 0 Å². The Hall–Kier alpha value is -1.23. The Bertz CT molecular complexity index is 421. The van der Waals surface area contributed by atoms with Crippen molar-refractivity contribution in [2.75, 3.05) is 30.7 Å². The molecule has 0 bridgehead atoms. The predicted molar refractivity (Wildman–Crippen MR) is 91.8 cm³/mol. The van der Waals surface area contributed by atoms with Crippen LogP contribution in [0.25, 0.3) is 0 Å². The van der Waals surface area contributed by atoms with Crippen molar-refractivity contribution in [3.05, 3.63) is 5.69 Å². The van der Waals surface area contributed by atoms with Crippen LogP contribution in [0.3, 0.4) is 0 Å². The lowest BCUT2D eigenvalue weighted by Gasteiger charge is -2.20. The molecule has 5 heteroatoms. The molecule has 0 fully saturated rings. The summed E-state index contributed by atoms with van der Waals surface area (Å²) >= 11 is 0. The first kappa shape index (κ1) is 17.8. The van der Waals surface area contributed by atoms with Gasteiger partial charge in [-0.05, 0) is 45.3 Å². The number of aromatic nitrogens is 2. The van der Waals surface area contributed by atoms with Crippen LogP contribution in [-0.4, -0.2) is 40.4 Å². The first-order valence-corrected chi connectivity index (χ1v) is 8.21. The fraction of sp³-hybridized carbons (Fsp3) is 0.812. The van der Waals surface area contributed by atoms with Crippen molar-refractivity contribution in [2.24, 2.45) is 7.05 Å². The Morgan fingerprint density at radius 2 is 1.86 bits per heavy atom. The van der Waals surface area contributed by atoms with Gasteiger partial charge in [0.2, 0.25) is 0 Å². The Balaban J connectivity index is 2.53. The van der Waals surface area contributed by atoms with Crippen LogP contribution >= 0.6 is 0 Å². The normalized spacial score (nSPS) is 13.1. The maximum Gasteiger partial charge on any atom is 0.147 e. The largest absolute Gasteiger partial charge is 0.394 e. The molecule has 21 heavy (non-hydrogen) atoms. The third kappa shape index (κ3) is 4.92. The molecule has 0 aliphatic heterocycles. The highest BCUT2D eigenvalue weighted by atomic mass is 15.3. The second-order valence-corrected chi connectivity index (χ2v) is 6.14. The molecule has 0 aromatic carbocycles. The van der Waals surface area contributed by atoms with Gasteiger partial charge in [0.15, 0.2) is 0 Å². The second-order valence-electron chi connectivity index (χ2n) is 6.14. The molecule has 1 atom stereocenters. The van der Waals surface area contributed by atoms with Crippen LogP contribution in [-0.2, 0) is 7.05 Å². The standard InChI is InChI=1S/C16H33N5/c1-7-21(8-2)11-9-10-13(5)18-16-14(17)15(12(3)4)19-20(16)6/h12-13,18H,7-11,17H2,1-6H3. The molecule has 0 spiro atoms. The molecule has 0 saturated heterocycles. The molecule has 5 nitrogen and oxygen atoms in total. The van der Waals surface area contributed by atoms with E-state index in [1.54, 1.807) is 0 Å². The molecule has 0 amide bonds. The number of aryl methyl sites for hydroxylation is 1. The van der Waals surface area contributed by atoms with Crippen LogP contribution in [0.2, 0.25) is 0 Å². The van der Waals surface area contributed by atoms with Crippen LogP contribution < -0.4 is 11.1 Å². The number of hydrogen-bond donors (Lipinski definition) is 2. The molecule has 1 rings (SSSR count). The maximum absolute atomic E-state index is 6.22. The number of hydrogen-bond acceptors (Lipinski definition) is 4. The molecule has 1 aromatic rings. The average Bonchev–Trinajstić information content (AvgIpc) is 2.72. The molecule has 3 N–H and O–H groups in total. The van der Waals surface area contributed by atoms with Gasteiger partial charge < -0.3 is 16.0 Å². The van der Waals surface area contributed by atoms with Crippen molar-refractivity contribution in [1.29, 1.82) is 0 Å². The molecule has 0 aliphatic carbocycles. The monoisotopic (exact) mass is 295 g/mol. The first-order valence-electron chi connectivity index (χ1n) is 8.21. The zero-order valence-corrected chi connectivity index (χ0v) is 14.6. The smallest absolute Gasteiger partial charge is 0.147 e. The highest BCUT2D eigenvalue weighted by molar-refractivity contribution is 5.66. The van der Waals surface area contributed by atoms with Crippen molar-refractivity contribution in [3.63, 3.8) is 0 Å². The second kappa shape index (κ2) is 8.27. The van der Waals surface area contributed by atoms with Crippen molar-refractivity contribution in [1.82, 2.24) is 14.7 Å². The molecular weight excluding hydrogens is 262 g/mol. The number of nitrogen functional groups attached to an aromatic ring is 1. The van der Waals surface area contributed by atoms with Gasteiger partial charge in [-0.25, -0.2) is 0 Å². The lowest BCUT2D eigenvalue weighted by molar-refractivity contribution is 0.295. The highest BCUT2D eigenvalue weighted by Crippen LogP contribution is 2.28. The minimum atomic E-state index is 0.352. The van der Waals surface area contributed by atoms with Crippen molar-refractivity contribution in [2.45, 2.75) is 59.4 Å². The summed E-state index contributed by atoms with van der Waals surface area (Å²) in [7, 11) is 1.95. The molecule has 0 radical (unpaired) electrons. The third-order valence-electron chi connectivity index (χ3n) is 4.05. The summed E-state index contributed by atoms with van der Waals surface area (Å²) in [6, 6.07) is 0.401. The topological polar surface area (TPSA) is 59.1 Å². The van der Waals surface area contributed by atoms with E-state index in [1.807, 2.05) is 11.7 Å². The summed E-state index contributed by atoms with van der Waals surface area (Å²) in [5.41, 5.74) is 8.00. The van der Waals surface area contributed by atoms with Gasteiger partial charge >= 0.3 is 0 Å². The Morgan fingerprint density at radius 3 is 2.33 bits per heavy atom. The molecule has 0 saturated carbocycles. The minimum absolute atomic E-state index is 0.352. The lowest BCUT2D eigenvalue weighted by Crippen LogP contribution is -2.26. The molecule has 1 aromatic heterocycles. The molecule has 0 aliphatic rings. The van der Waals surface area contributed by atoms with Gasteiger partial charge in [0, 0.05) is 13.1 Å². The van der Waals surface area contributed by atoms with E-state index >= 15 is 0 Å². The van der Waals surface area contributed by atoms with Gasteiger partial charge in [-0.15, -0.1) is 0 Å². The highest BCUT2D eigenvalue weighted by Gasteiger charge is 2.17. The molecule has 122 valence electrons. The van der Waals surface area contributed by atoms with Crippen LogP contribution in [0.15, 0.2) is 0 Å². The van der Waals surface area contributed by atoms with Crippen LogP contribution in [0.4, 0.5) is 11.5 Å². The zero-order chi connectivity index (χ0) is 16.0. The van der Waals surface area contributed by atoms with E-state index < -0.39 is 0 Å². The zero-order valence-electron chi connectivity index (χ0n) is 14.6. The molecule has 1 unspecified atom stereocenters. The Kier molecular flexibility index (Phi) is 7.02. The molecular formula is C16H33N5. The lowest BCUT2D eigenvalue weighted by atomic mass is 10.1. The number of nitrogens with two attached hydrogens (primary N) is 1. The average molecular weight is 295 g/mol. The van der Waals surface area contributed by atoms with Crippen LogP contribution in [0, 0.1) is 0 Å². The van der Waals surface area contributed by atoms with Crippen molar-refractivity contribution in [3.8, 4) is 0 Å². The van der Waals surface area contributed by atoms with E-state index in [4.69, 9.17) is 5.73 Å². The number of nitrogens with one attached hydrogen (secondary N) is 1. The van der Waals surface area contributed by atoms with E-state index in [0.717, 1.165) is 43.3 Å². The van der Waals surface area contributed by atoms with Crippen LogP contribution in [0.1, 0.15) is 59.1 Å². The quantitative estimate of drug-likeness (QED) is 0.735. The number of rotatable bonds is 9. The van der Waals surface area contributed by atoms with Gasteiger partial charge in [-0.3, -0.25) is 4.68 Å². The van der Waals surface area contributed by atoms with Gasteiger partial charge in [-0.1, -0.05) is 27.7 Å². The minimum Gasteiger partial charge on any atom is -0.394 e. The summed E-state index contributed by atoms with van der Waals surface area (Å²) in [5, 5.41) is 8.04. The third-order valence-corrected chi connectivity index (χ3v) is 4.05. The summed E-state index contributed by atoms with van der Waals surface area (Å²) in [5.74, 6) is 1.30. The fourth-order valence-corrected chi connectivity index (χ4v) is 2.63.